The van der Waals surface area contributed by atoms with E-state index in [-0.39, 0.29) is 0 Å². The molecule has 1 N–H and O–H groups in total. The number of hydrogen-bond donors (Lipinski definition) is 1. The molecular formula is C9H5BrN4S. The molecule has 3 heterocycles. The molecule has 0 aromatic carbocycles. The lowest BCUT2D eigenvalue weighted by Gasteiger charge is -1.87. The average Bonchev–Trinajstić information content (AvgIpc) is 2.84. The summed E-state index contributed by atoms with van der Waals surface area (Å²) in [7, 11) is 0. The van der Waals surface area contributed by atoms with Gasteiger partial charge < -0.3 is 4.98 Å². The summed E-state index contributed by atoms with van der Waals surface area (Å²) in [5.74, 6) is 0.818. The summed E-state index contributed by atoms with van der Waals surface area (Å²) < 4.78 is 0.939. The zero-order valence-corrected chi connectivity index (χ0v) is 9.84. The predicted molar refractivity (Wildman–Crippen MR) is 62.7 cm³/mol. The minimum Gasteiger partial charge on any atom is -0.336 e. The molecule has 0 saturated carbocycles. The Morgan fingerprint density at radius 3 is 3.07 bits per heavy atom. The maximum Gasteiger partial charge on any atom is 0.178 e. The largest absolute Gasteiger partial charge is 0.336 e. The minimum atomic E-state index is 0.724. The van der Waals surface area contributed by atoms with E-state index in [1.165, 1.54) is 0 Å². The number of nitrogens with one attached hydrogen (secondary N) is 1. The normalized spacial score (nSPS) is 11.0. The summed E-state index contributed by atoms with van der Waals surface area (Å²) in [6, 6.07) is 1.96. The van der Waals surface area contributed by atoms with E-state index in [1.807, 2.05) is 6.07 Å². The van der Waals surface area contributed by atoms with E-state index in [4.69, 9.17) is 0 Å². The van der Waals surface area contributed by atoms with Gasteiger partial charge in [0.15, 0.2) is 11.5 Å². The van der Waals surface area contributed by atoms with Gasteiger partial charge in [0.1, 0.15) is 0 Å². The van der Waals surface area contributed by atoms with E-state index < -0.39 is 0 Å². The highest BCUT2D eigenvalue weighted by molar-refractivity contribution is 9.10. The number of hydrogen-bond acceptors (Lipinski definition) is 4. The molecule has 0 radical (unpaired) electrons. The molecule has 15 heavy (non-hydrogen) atoms. The highest BCUT2D eigenvalue weighted by atomic mass is 79.9. The number of halogens is 1. The van der Waals surface area contributed by atoms with Crippen LogP contribution in [-0.2, 0) is 0 Å². The zero-order valence-electron chi connectivity index (χ0n) is 7.44. The van der Waals surface area contributed by atoms with Crippen LogP contribution in [0, 0.1) is 0 Å². The molecule has 0 fully saturated rings. The number of thiazole rings is 1. The van der Waals surface area contributed by atoms with Gasteiger partial charge in [-0.05, 0) is 22.0 Å². The molecule has 0 aliphatic carbocycles. The van der Waals surface area contributed by atoms with Crippen LogP contribution in [0.25, 0.3) is 21.9 Å². The number of pyridine rings is 1. The lowest BCUT2D eigenvalue weighted by atomic mass is 10.4. The topological polar surface area (TPSA) is 54.5 Å². The average molecular weight is 281 g/mol. The van der Waals surface area contributed by atoms with Gasteiger partial charge >= 0.3 is 0 Å². The monoisotopic (exact) mass is 280 g/mol. The van der Waals surface area contributed by atoms with E-state index >= 15 is 0 Å². The lowest BCUT2D eigenvalue weighted by Crippen LogP contribution is -1.75. The quantitative estimate of drug-likeness (QED) is 0.746. The number of nitrogens with zero attached hydrogens (tertiary/aromatic N) is 3. The maximum absolute atomic E-state index is 4.38. The molecule has 0 amide bonds. The van der Waals surface area contributed by atoms with Crippen molar-refractivity contribution in [3.63, 3.8) is 0 Å². The summed E-state index contributed by atoms with van der Waals surface area (Å²) in [5.41, 5.74) is 3.43. The van der Waals surface area contributed by atoms with Gasteiger partial charge in [-0.1, -0.05) is 0 Å². The van der Waals surface area contributed by atoms with Crippen LogP contribution in [0.1, 0.15) is 0 Å². The molecule has 0 unspecified atom stereocenters. The smallest absolute Gasteiger partial charge is 0.178 e. The van der Waals surface area contributed by atoms with Crippen LogP contribution < -0.4 is 0 Å². The molecule has 0 aliphatic heterocycles. The Morgan fingerprint density at radius 1 is 1.33 bits per heavy atom. The van der Waals surface area contributed by atoms with Crippen molar-refractivity contribution in [3.8, 4) is 10.7 Å². The van der Waals surface area contributed by atoms with Gasteiger partial charge in [-0.15, -0.1) is 11.3 Å². The summed E-state index contributed by atoms with van der Waals surface area (Å²) in [6.07, 6.45) is 3.52. The van der Waals surface area contributed by atoms with Gasteiger partial charge in [0.05, 0.1) is 15.9 Å². The van der Waals surface area contributed by atoms with E-state index in [0.717, 1.165) is 26.3 Å². The zero-order chi connectivity index (χ0) is 10.3. The number of rotatable bonds is 1. The highest BCUT2D eigenvalue weighted by Gasteiger charge is 2.07. The van der Waals surface area contributed by atoms with Crippen LogP contribution in [0.5, 0.6) is 0 Å². The third kappa shape index (κ3) is 1.55. The molecule has 4 nitrogen and oxygen atoms in total. The van der Waals surface area contributed by atoms with Crippen LogP contribution >= 0.6 is 27.3 Å². The number of imidazole rings is 1. The van der Waals surface area contributed by atoms with Crippen molar-refractivity contribution >= 4 is 38.4 Å². The Balaban J connectivity index is 2.22. The minimum absolute atomic E-state index is 0.724. The Bertz CT molecular complexity index is 602. The molecule has 0 spiro atoms. The van der Waals surface area contributed by atoms with Crippen molar-refractivity contribution < 1.29 is 0 Å². The van der Waals surface area contributed by atoms with Crippen molar-refractivity contribution in [1.29, 1.82) is 0 Å². The lowest BCUT2D eigenvalue weighted by molar-refractivity contribution is 1.30. The Morgan fingerprint density at radius 2 is 2.27 bits per heavy atom. The summed E-state index contributed by atoms with van der Waals surface area (Å²) in [5, 5.41) is 0. The van der Waals surface area contributed by atoms with Crippen LogP contribution in [0.4, 0.5) is 0 Å². The molecule has 3 rings (SSSR count). The van der Waals surface area contributed by atoms with Crippen LogP contribution in [0.3, 0.4) is 0 Å². The standard InChI is InChI=1S/C9H5BrN4S/c10-5-1-6-8(12-2-5)14-9(13-6)7-3-11-4-15-7/h1-4H,(H,12,13,14). The van der Waals surface area contributed by atoms with Crippen molar-refractivity contribution in [2.45, 2.75) is 0 Å². The van der Waals surface area contributed by atoms with Crippen LogP contribution in [-0.4, -0.2) is 19.9 Å². The van der Waals surface area contributed by atoms with Crippen molar-refractivity contribution in [3.05, 3.63) is 28.4 Å². The molecular weight excluding hydrogens is 276 g/mol. The number of fused-ring (bicyclic) bond motifs is 1. The fourth-order valence-corrected chi connectivity index (χ4v) is 2.22. The number of H-pyrrole nitrogens is 1. The third-order valence-corrected chi connectivity index (χ3v) is 3.18. The van der Waals surface area contributed by atoms with Gasteiger partial charge in [0, 0.05) is 16.9 Å². The second-order valence-electron chi connectivity index (χ2n) is 2.98. The fourth-order valence-electron chi connectivity index (χ4n) is 1.32. The van der Waals surface area contributed by atoms with Crippen molar-refractivity contribution in [1.82, 2.24) is 19.9 Å². The van der Waals surface area contributed by atoms with Crippen LogP contribution in [0.2, 0.25) is 0 Å². The van der Waals surface area contributed by atoms with Gasteiger partial charge in [-0.25, -0.2) is 9.97 Å². The molecule has 74 valence electrons. The van der Waals surface area contributed by atoms with Gasteiger partial charge in [0.25, 0.3) is 0 Å². The first kappa shape index (κ1) is 8.99. The van der Waals surface area contributed by atoms with Gasteiger partial charge in [-0.3, -0.25) is 4.98 Å². The van der Waals surface area contributed by atoms with Crippen molar-refractivity contribution in [2.24, 2.45) is 0 Å². The van der Waals surface area contributed by atoms with E-state index in [2.05, 4.69) is 35.9 Å². The SMILES string of the molecule is Brc1cnc2nc(-c3cncs3)[nH]c2c1. The van der Waals surface area contributed by atoms with E-state index in [1.54, 1.807) is 29.2 Å². The number of aromatic amines is 1. The van der Waals surface area contributed by atoms with Crippen LogP contribution in [0.15, 0.2) is 28.4 Å². The molecule has 0 aliphatic rings. The first-order chi connectivity index (χ1) is 7.33. The maximum atomic E-state index is 4.38. The van der Waals surface area contributed by atoms with E-state index in [0.29, 0.717) is 0 Å². The van der Waals surface area contributed by atoms with E-state index in [9.17, 15) is 0 Å². The number of aromatic nitrogens is 4. The molecule has 6 heteroatoms. The van der Waals surface area contributed by atoms with Gasteiger partial charge in [0.2, 0.25) is 0 Å². The molecule has 0 saturated heterocycles. The second kappa shape index (κ2) is 3.39. The molecule has 3 aromatic rings. The summed E-state index contributed by atoms with van der Waals surface area (Å²) in [6.45, 7) is 0. The van der Waals surface area contributed by atoms with Crippen molar-refractivity contribution in [2.75, 3.05) is 0 Å². The predicted octanol–water partition coefficient (Wildman–Crippen LogP) is 2.84. The third-order valence-electron chi connectivity index (χ3n) is 1.97. The second-order valence-corrected chi connectivity index (χ2v) is 4.78. The Kier molecular flexibility index (Phi) is 2.03. The van der Waals surface area contributed by atoms with Gasteiger partial charge in [-0.2, -0.15) is 0 Å². The fraction of sp³-hybridized carbons (Fsp3) is 0. The Labute approximate surface area is 97.5 Å². The summed E-state index contributed by atoms with van der Waals surface area (Å²) >= 11 is 4.92. The highest BCUT2D eigenvalue weighted by Crippen LogP contribution is 2.23. The summed E-state index contributed by atoms with van der Waals surface area (Å²) in [4.78, 5) is 16.8. The first-order valence-electron chi connectivity index (χ1n) is 4.23. The molecule has 3 aromatic heterocycles. The first-order valence-corrected chi connectivity index (χ1v) is 5.90. The molecule has 0 atom stereocenters. The Hall–Kier alpha value is -1.27. The molecule has 0 bridgehead atoms.